The fourth-order valence-corrected chi connectivity index (χ4v) is 3.10. The van der Waals surface area contributed by atoms with Crippen molar-refractivity contribution < 1.29 is 24.0 Å². The van der Waals surface area contributed by atoms with Crippen molar-refractivity contribution in [1.82, 2.24) is 10.6 Å². The summed E-state index contributed by atoms with van der Waals surface area (Å²) < 4.78 is 5.14. The number of hydrogen-bond acceptors (Lipinski definition) is 4. The van der Waals surface area contributed by atoms with Crippen LogP contribution in [0.1, 0.15) is 20.3 Å². The van der Waals surface area contributed by atoms with Gasteiger partial charge in [-0.2, -0.15) is 0 Å². The zero-order valence-electron chi connectivity index (χ0n) is 16.2. The Morgan fingerprint density at radius 2 is 1.93 bits per heavy atom. The van der Waals surface area contributed by atoms with Gasteiger partial charge < -0.3 is 25.6 Å². The molecule has 0 saturated carbocycles. The van der Waals surface area contributed by atoms with Gasteiger partial charge in [0.2, 0.25) is 0 Å². The van der Waals surface area contributed by atoms with E-state index in [-0.39, 0.29) is 25.1 Å². The number of hydrogen-bond donors (Lipinski definition) is 4. The van der Waals surface area contributed by atoms with E-state index in [1.54, 1.807) is 31.2 Å². The molecule has 3 amide bonds. The molecule has 0 bridgehead atoms. The van der Waals surface area contributed by atoms with Gasteiger partial charge >= 0.3 is 12.0 Å². The van der Waals surface area contributed by atoms with Crippen molar-refractivity contribution in [3.05, 3.63) is 40.6 Å². The summed E-state index contributed by atoms with van der Waals surface area (Å²) >= 11 is 5.84. The molecule has 0 fully saturated rings. The monoisotopic (exact) mass is 409 g/mol. The highest BCUT2D eigenvalue weighted by Crippen LogP contribution is 2.16. The van der Waals surface area contributed by atoms with Gasteiger partial charge in [-0.1, -0.05) is 18.5 Å². The molecule has 2 atom stereocenters. The Balaban J connectivity index is 2.08. The number of urea groups is 1. The minimum Gasteiger partial charge on any atom is -0.463 e. The van der Waals surface area contributed by atoms with Gasteiger partial charge in [-0.15, -0.1) is 0 Å². The minimum absolute atomic E-state index is 0.155. The molecule has 0 saturated heterocycles. The second kappa shape index (κ2) is 10.1. The summed E-state index contributed by atoms with van der Waals surface area (Å²) in [6.07, 6.45) is 0.557. The van der Waals surface area contributed by atoms with E-state index in [4.69, 9.17) is 16.3 Å². The predicted molar refractivity (Wildman–Crippen MR) is 106 cm³/mol. The summed E-state index contributed by atoms with van der Waals surface area (Å²) in [4.78, 5) is 37.4. The zero-order valence-corrected chi connectivity index (χ0v) is 17.0. The molecule has 0 radical (unpaired) electrons. The van der Waals surface area contributed by atoms with E-state index >= 15 is 0 Å². The standard InChI is InChI=1S/C19H25ClN4O4/c1-4-14-17(18(26)28-5-2)15(23-19(27)22-14)10-24(3)11-16(25)21-13-8-6-12(20)7-9-13/h6-9,14H,4-5,10-11H2,1-3H3,(H,21,25)(H2,22,23,27)/p+1/t14-/m0/s1. The number of amides is 3. The predicted octanol–water partition coefficient (Wildman–Crippen LogP) is 0.702. The molecule has 1 unspecified atom stereocenters. The normalized spacial score (nSPS) is 17.4. The van der Waals surface area contributed by atoms with E-state index in [0.29, 0.717) is 34.9 Å². The molecular formula is C19H26ClN4O4+. The molecule has 9 heteroatoms. The van der Waals surface area contributed by atoms with Crippen LogP contribution in [0.4, 0.5) is 10.5 Å². The smallest absolute Gasteiger partial charge is 0.338 e. The molecule has 1 aliphatic rings. The minimum atomic E-state index is -0.463. The number of benzene rings is 1. The van der Waals surface area contributed by atoms with Crippen LogP contribution in [0.15, 0.2) is 35.5 Å². The van der Waals surface area contributed by atoms with Crippen LogP contribution in [0.25, 0.3) is 0 Å². The first-order chi connectivity index (χ1) is 13.3. The number of likely N-dealkylation sites (N-methyl/N-ethyl adjacent to an activating group) is 1. The van der Waals surface area contributed by atoms with Gasteiger partial charge in [0.25, 0.3) is 5.91 Å². The molecule has 8 nitrogen and oxygen atoms in total. The highest BCUT2D eigenvalue weighted by atomic mass is 35.5. The maximum Gasteiger partial charge on any atom is 0.338 e. The van der Waals surface area contributed by atoms with Crippen LogP contribution >= 0.6 is 11.6 Å². The van der Waals surface area contributed by atoms with Crippen molar-refractivity contribution >= 4 is 35.2 Å². The molecule has 0 aliphatic carbocycles. The first-order valence-corrected chi connectivity index (χ1v) is 9.56. The third-order valence-electron chi connectivity index (χ3n) is 4.22. The van der Waals surface area contributed by atoms with E-state index in [2.05, 4.69) is 16.0 Å². The third kappa shape index (κ3) is 5.97. The average Bonchev–Trinajstić information content (AvgIpc) is 2.62. The SMILES string of the molecule is CCOC(=O)C1=C(C[NH+](C)CC(=O)Nc2ccc(Cl)cc2)NC(=O)N[C@H]1CC. The largest absolute Gasteiger partial charge is 0.463 e. The molecule has 2 rings (SSSR count). The molecule has 0 aromatic heterocycles. The van der Waals surface area contributed by atoms with E-state index in [0.717, 1.165) is 4.90 Å². The summed E-state index contributed by atoms with van der Waals surface area (Å²) in [5.41, 5.74) is 1.53. The van der Waals surface area contributed by atoms with Gasteiger partial charge in [0.05, 0.1) is 31.0 Å². The molecule has 1 aromatic rings. The maximum atomic E-state index is 12.4. The zero-order chi connectivity index (χ0) is 20.7. The van der Waals surface area contributed by atoms with Crippen molar-refractivity contribution in [3.8, 4) is 0 Å². The van der Waals surface area contributed by atoms with Gasteiger partial charge in [-0.25, -0.2) is 9.59 Å². The van der Waals surface area contributed by atoms with E-state index < -0.39 is 12.0 Å². The maximum absolute atomic E-state index is 12.4. The van der Waals surface area contributed by atoms with E-state index in [1.807, 2.05) is 14.0 Å². The molecule has 1 aliphatic heterocycles. The second-order valence-corrected chi connectivity index (χ2v) is 6.97. The Labute approximate surface area is 169 Å². The number of carbonyl (C=O) groups is 3. The number of halogens is 1. The van der Waals surface area contributed by atoms with Crippen molar-refractivity contribution in [1.29, 1.82) is 0 Å². The number of quaternary nitrogens is 1. The Morgan fingerprint density at radius 3 is 2.54 bits per heavy atom. The highest BCUT2D eigenvalue weighted by molar-refractivity contribution is 6.30. The molecule has 4 N–H and O–H groups in total. The molecule has 152 valence electrons. The number of ether oxygens (including phenoxy) is 1. The van der Waals surface area contributed by atoms with Crippen LogP contribution in [0.2, 0.25) is 5.02 Å². The van der Waals surface area contributed by atoms with Gasteiger partial charge in [0, 0.05) is 10.7 Å². The first-order valence-electron chi connectivity index (χ1n) is 9.18. The van der Waals surface area contributed by atoms with Crippen molar-refractivity contribution in [3.63, 3.8) is 0 Å². The fraction of sp³-hybridized carbons (Fsp3) is 0.421. The summed E-state index contributed by atoms with van der Waals surface area (Å²) in [6, 6.07) is 6.04. The Hall–Kier alpha value is -2.58. The number of carbonyl (C=O) groups excluding carboxylic acids is 3. The van der Waals surface area contributed by atoms with Gasteiger partial charge in [0.15, 0.2) is 6.54 Å². The summed E-state index contributed by atoms with van der Waals surface area (Å²) in [5.74, 6) is -0.652. The summed E-state index contributed by atoms with van der Waals surface area (Å²) in [7, 11) is 1.81. The van der Waals surface area contributed by atoms with Gasteiger partial charge in [-0.3, -0.25) is 4.79 Å². The lowest BCUT2D eigenvalue weighted by atomic mass is 10.00. The number of esters is 1. The lowest BCUT2D eigenvalue weighted by Gasteiger charge is -2.29. The fourth-order valence-electron chi connectivity index (χ4n) is 2.98. The van der Waals surface area contributed by atoms with Gasteiger partial charge in [0.1, 0.15) is 6.54 Å². The van der Waals surface area contributed by atoms with E-state index in [1.165, 1.54) is 0 Å². The van der Waals surface area contributed by atoms with Gasteiger partial charge in [-0.05, 0) is 37.6 Å². The molecule has 1 aromatic carbocycles. The lowest BCUT2D eigenvalue weighted by molar-refractivity contribution is -0.866. The van der Waals surface area contributed by atoms with Crippen molar-refractivity contribution in [2.75, 3.05) is 32.1 Å². The Bertz CT molecular complexity index is 764. The second-order valence-electron chi connectivity index (χ2n) is 6.54. The van der Waals surface area contributed by atoms with Crippen molar-refractivity contribution in [2.24, 2.45) is 0 Å². The Kier molecular flexibility index (Phi) is 7.83. The summed E-state index contributed by atoms with van der Waals surface area (Å²) in [6.45, 7) is 4.30. The Morgan fingerprint density at radius 1 is 1.25 bits per heavy atom. The quantitative estimate of drug-likeness (QED) is 0.475. The molecular weight excluding hydrogens is 384 g/mol. The summed E-state index contributed by atoms with van der Waals surface area (Å²) in [5, 5.41) is 8.80. The van der Waals surface area contributed by atoms with E-state index in [9.17, 15) is 14.4 Å². The number of rotatable bonds is 8. The molecule has 1 heterocycles. The van der Waals surface area contributed by atoms with Crippen LogP contribution < -0.4 is 20.9 Å². The highest BCUT2D eigenvalue weighted by Gasteiger charge is 2.33. The van der Waals surface area contributed by atoms with Crippen LogP contribution in [0.3, 0.4) is 0 Å². The molecule has 0 spiro atoms. The first kappa shape index (κ1) is 21.7. The van der Waals surface area contributed by atoms with Crippen LogP contribution in [0.5, 0.6) is 0 Å². The average molecular weight is 410 g/mol. The molecule has 28 heavy (non-hydrogen) atoms. The van der Waals surface area contributed by atoms with Crippen LogP contribution in [0, 0.1) is 0 Å². The number of anilines is 1. The topological polar surface area (TPSA) is 101 Å². The lowest BCUT2D eigenvalue weighted by Crippen LogP contribution is -3.10. The van der Waals surface area contributed by atoms with Crippen LogP contribution in [-0.4, -0.2) is 50.7 Å². The van der Waals surface area contributed by atoms with Crippen LogP contribution in [-0.2, 0) is 14.3 Å². The number of nitrogens with one attached hydrogen (secondary N) is 4. The third-order valence-corrected chi connectivity index (χ3v) is 4.47. The van der Waals surface area contributed by atoms with Crippen molar-refractivity contribution in [2.45, 2.75) is 26.3 Å².